The molecule has 0 aromatic carbocycles. The van der Waals surface area contributed by atoms with Crippen molar-refractivity contribution in [3.63, 3.8) is 0 Å². The summed E-state index contributed by atoms with van der Waals surface area (Å²) in [5.41, 5.74) is 2.22. The van der Waals surface area contributed by atoms with Crippen molar-refractivity contribution in [1.82, 2.24) is 20.8 Å². The monoisotopic (exact) mass is 294 g/mol. The summed E-state index contributed by atoms with van der Waals surface area (Å²) in [5, 5.41) is 21.4. The number of aromatic nitrogens is 2. The maximum Gasteiger partial charge on any atom is 0.315 e. The predicted molar refractivity (Wildman–Crippen MR) is 76.9 cm³/mol. The van der Waals surface area contributed by atoms with E-state index in [0.717, 1.165) is 30.5 Å². The Morgan fingerprint density at radius 1 is 1.48 bits per heavy atom. The topological polar surface area (TPSA) is 107 Å². The SMILES string of the molecule is Cc1[nH]ncc1CCCNC(=O)N[C@H]1CC[C@@H](C(=O)O)C1. The molecule has 0 spiro atoms. The van der Waals surface area contributed by atoms with Crippen molar-refractivity contribution in [1.29, 1.82) is 0 Å². The van der Waals surface area contributed by atoms with E-state index < -0.39 is 5.97 Å². The van der Waals surface area contributed by atoms with E-state index in [1.807, 2.05) is 6.92 Å². The average Bonchev–Trinajstić information content (AvgIpc) is 3.04. The van der Waals surface area contributed by atoms with Gasteiger partial charge in [0.1, 0.15) is 0 Å². The number of aliphatic carboxylic acids is 1. The number of carboxylic acids is 1. The van der Waals surface area contributed by atoms with Crippen LogP contribution < -0.4 is 10.6 Å². The van der Waals surface area contributed by atoms with Crippen molar-refractivity contribution in [2.75, 3.05) is 6.54 Å². The van der Waals surface area contributed by atoms with Gasteiger partial charge in [0.05, 0.1) is 12.1 Å². The number of rotatable bonds is 6. The molecule has 0 unspecified atom stereocenters. The highest BCUT2D eigenvalue weighted by Crippen LogP contribution is 2.25. The number of aromatic amines is 1. The number of amides is 2. The van der Waals surface area contributed by atoms with Crippen molar-refractivity contribution >= 4 is 12.0 Å². The second-order valence-corrected chi connectivity index (χ2v) is 5.57. The lowest BCUT2D eigenvalue weighted by molar-refractivity contribution is -0.141. The van der Waals surface area contributed by atoms with E-state index in [-0.39, 0.29) is 18.0 Å². The van der Waals surface area contributed by atoms with Gasteiger partial charge in [0.25, 0.3) is 0 Å². The number of H-pyrrole nitrogens is 1. The van der Waals surface area contributed by atoms with Crippen LogP contribution in [0.3, 0.4) is 0 Å². The Morgan fingerprint density at radius 2 is 2.29 bits per heavy atom. The molecule has 2 amide bonds. The predicted octanol–water partition coefficient (Wildman–Crippen LogP) is 1.20. The fraction of sp³-hybridized carbons (Fsp3) is 0.643. The van der Waals surface area contributed by atoms with Crippen LogP contribution in [0.4, 0.5) is 4.79 Å². The fourth-order valence-corrected chi connectivity index (χ4v) is 2.68. The lowest BCUT2D eigenvalue weighted by Gasteiger charge is -2.13. The van der Waals surface area contributed by atoms with E-state index >= 15 is 0 Å². The number of carboxylic acid groups (broad SMARTS) is 1. The molecule has 0 bridgehead atoms. The molecule has 1 aromatic rings. The molecule has 2 rings (SSSR count). The van der Waals surface area contributed by atoms with E-state index in [2.05, 4.69) is 20.8 Å². The molecular formula is C14H22N4O3. The first-order valence-electron chi connectivity index (χ1n) is 7.32. The number of hydrogen-bond donors (Lipinski definition) is 4. The van der Waals surface area contributed by atoms with E-state index in [1.165, 1.54) is 0 Å². The lowest BCUT2D eigenvalue weighted by atomic mass is 10.1. The van der Waals surface area contributed by atoms with Gasteiger partial charge in [-0.15, -0.1) is 0 Å². The largest absolute Gasteiger partial charge is 0.481 e. The van der Waals surface area contributed by atoms with Crippen LogP contribution in [0.25, 0.3) is 0 Å². The van der Waals surface area contributed by atoms with Gasteiger partial charge in [0.2, 0.25) is 0 Å². The van der Waals surface area contributed by atoms with Crippen LogP contribution in [0.5, 0.6) is 0 Å². The Bertz CT molecular complexity index is 500. The van der Waals surface area contributed by atoms with Gasteiger partial charge < -0.3 is 15.7 Å². The minimum Gasteiger partial charge on any atom is -0.481 e. The van der Waals surface area contributed by atoms with Crippen molar-refractivity contribution < 1.29 is 14.7 Å². The number of aryl methyl sites for hydroxylation is 2. The number of carbonyl (C=O) groups excluding carboxylic acids is 1. The molecular weight excluding hydrogens is 272 g/mol. The van der Waals surface area contributed by atoms with Crippen LogP contribution >= 0.6 is 0 Å². The zero-order chi connectivity index (χ0) is 15.2. The molecule has 0 saturated heterocycles. The quantitative estimate of drug-likeness (QED) is 0.591. The minimum atomic E-state index is -0.768. The highest BCUT2D eigenvalue weighted by atomic mass is 16.4. The number of carbonyl (C=O) groups is 2. The molecule has 7 nitrogen and oxygen atoms in total. The third-order valence-corrected chi connectivity index (χ3v) is 3.96. The van der Waals surface area contributed by atoms with Gasteiger partial charge in [-0.1, -0.05) is 0 Å². The number of nitrogens with zero attached hydrogens (tertiary/aromatic N) is 1. The number of nitrogens with one attached hydrogen (secondary N) is 3. The maximum absolute atomic E-state index is 11.7. The van der Waals surface area contributed by atoms with Gasteiger partial charge in [-0.2, -0.15) is 5.10 Å². The smallest absolute Gasteiger partial charge is 0.315 e. The molecule has 1 aliphatic rings. The van der Waals surface area contributed by atoms with Gasteiger partial charge in [-0.05, 0) is 44.6 Å². The Labute approximate surface area is 123 Å². The molecule has 1 aromatic heterocycles. The van der Waals surface area contributed by atoms with Gasteiger partial charge in [0, 0.05) is 18.3 Å². The Kier molecular flexibility index (Phi) is 5.19. The molecule has 4 N–H and O–H groups in total. The number of hydrogen-bond acceptors (Lipinski definition) is 3. The van der Waals surface area contributed by atoms with Crippen LogP contribution in [0, 0.1) is 12.8 Å². The highest BCUT2D eigenvalue weighted by molar-refractivity contribution is 5.75. The van der Waals surface area contributed by atoms with Gasteiger partial charge in [0.15, 0.2) is 0 Å². The molecule has 1 fully saturated rings. The first kappa shape index (κ1) is 15.3. The second-order valence-electron chi connectivity index (χ2n) is 5.57. The summed E-state index contributed by atoms with van der Waals surface area (Å²) < 4.78 is 0. The van der Waals surface area contributed by atoms with E-state index in [4.69, 9.17) is 5.11 Å². The van der Waals surface area contributed by atoms with Crippen LogP contribution in [0.1, 0.15) is 36.9 Å². The summed E-state index contributed by atoms with van der Waals surface area (Å²) in [5.74, 6) is -1.09. The second kappa shape index (κ2) is 7.10. The van der Waals surface area contributed by atoms with Crippen molar-refractivity contribution in [3.8, 4) is 0 Å². The maximum atomic E-state index is 11.7. The standard InChI is InChI=1S/C14H22N4O3/c1-9-11(8-16-18-9)3-2-6-15-14(21)17-12-5-4-10(7-12)13(19)20/h8,10,12H,2-7H2,1H3,(H,16,18)(H,19,20)(H2,15,17,21)/t10-,12+/m1/s1. The van der Waals surface area contributed by atoms with E-state index in [9.17, 15) is 9.59 Å². The molecule has 1 saturated carbocycles. The highest BCUT2D eigenvalue weighted by Gasteiger charge is 2.30. The zero-order valence-electron chi connectivity index (χ0n) is 12.2. The van der Waals surface area contributed by atoms with Gasteiger partial charge >= 0.3 is 12.0 Å². The number of urea groups is 1. The fourth-order valence-electron chi connectivity index (χ4n) is 2.68. The average molecular weight is 294 g/mol. The van der Waals surface area contributed by atoms with Gasteiger partial charge in [-0.25, -0.2) is 4.79 Å². The van der Waals surface area contributed by atoms with Crippen LogP contribution in [0.2, 0.25) is 0 Å². The molecule has 7 heteroatoms. The first-order valence-corrected chi connectivity index (χ1v) is 7.32. The van der Waals surface area contributed by atoms with Crippen LogP contribution in [-0.2, 0) is 11.2 Å². The third-order valence-electron chi connectivity index (χ3n) is 3.96. The Balaban J connectivity index is 1.60. The lowest BCUT2D eigenvalue weighted by Crippen LogP contribution is -2.41. The van der Waals surface area contributed by atoms with Crippen molar-refractivity contribution in [2.24, 2.45) is 5.92 Å². The molecule has 0 radical (unpaired) electrons. The van der Waals surface area contributed by atoms with Crippen LogP contribution in [-0.4, -0.2) is 39.9 Å². The summed E-state index contributed by atoms with van der Waals surface area (Å²) in [6.45, 7) is 2.56. The Hall–Kier alpha value is -2.05. The normalized spacial score (nSPS) is 21.2. The summed E-state index contributed by atoms with van der Waals surface area (Å²) >= 11 is 0. The Morgan fingerprint density at radius 3 is 2.90 bits per heavy atom. The first-order chi connectivity index (χ1) is 10.1. The van der Waals surface area contributed by atoms with Crippen LogP contribution in [0.15, 0.2) is 6.20 Å². The van der Waals surface area contributed by atoms with E-state index in [0.29, 0.717) is 19.4 Å². The minimum absolute atomic E-state index is 0.0257. The zero-order valence-corrected chi connectivity index (χ0v) is 12.2. The van der Waals surface area contributed by atoms with Gasteiger partial charge in [-0.3, -0.25) is 9.89 Å². The third kappa shape index (κ3) is 4.47. The van der Waals surface area contributed by atoms with E-state index in [1.54, 1.807) is 6.20 Å². The summed E-state index contributed by atoms with van der Waals surface area (Å²) in [7, 11) is 0. The molecule has 0 aliphatic heterocycles. The molecule has 21 heavy (non-hydrogen) atoms. The summed E-state index contributed by atoms with van der Waals surface area (Å²) in [6.07, 6.45) is 5.42. The molecule has 116 valence electrons. The van der Waals surface area contributed by atoms with Crippen molar-refractivity contribution in [3.05, 3.63) is 17.5 Å². The summed E-state index contributed by atoms with van der Waals surface area (Å²) in [6, 6.07) is -0.239. The molecule has 1 heterocycles. The summed E-state index contributed by atoms with van der Waals surface area (Å²) in [4.78, 5) is 22.6. The molecule has 2 atom stereocenters. The van der Waals surface area contributed by atoms with Crippen molar-refractivity contribution in [2.45, 2.75) is 45.1 Å². The molecule has 1 aliphatic carbocycles.